The molecule has 3 N–H and O–H groups in total. The van der Waals surface area contributed by atoms with E-state index < -0.39 is 0 Å². The van der Waals surface area contributed by atoms with Gasteiger partial charge in [-0.3, -0.25) is 4.79 Å². The van der Waals surface area contributed by atoms with E-state index in [-0.39, 0.29) is 5.91 Å². The van der Waals surface area contributed by atoms with Crippen molar-refractivity contribution >= 4 is 11.6 Å². The Hall–Kier alpha value is -1.35. The first-order valence-electron chi connectivity index (χ1n) is 8.35. The van der Waals surface area contributed by atoms with Gasteiger partial charge in [0.15, 0.2) is 0 Å². The van der Waals surface area contributed by atoms with Crippen LogP contribution in [-0.2, 0) is 17.6 Å². The Morgan fingerprint density at radius 1 is 1.29 bits per heavy atom. The molecule has 3 nitrogen and oxygen atoms in total. The van der Waals surface area contributed by atoms with Gasteiger partial charge in [0.05, 0.1) is 0 Å². The van der Waals surface area contributed by atoms with Crippen LogP contribution in [-0.4, -0.2) is 12.5 Å². The third-order valence-electron chi connectivity index (χ3n) is 4.60. The third kappa shape index (κ3) is 4.57. The highest BCUT2D eigenvalue weighted by Gasteiger charge is 2.15. The van der Waals surface area contributed by atoms with Crippen LogP contribution < -0.4 is 11.1 Å². The van der Waals surface area contributed by atoms with Gasteiger partial charge in [0.2, 0.25) is 5.91 Å². The monoisotopic (exact) mass is 288 g/mol. The quantitative estimate of drug-likeness (QED) is 0.804. The highest BCUT2D eigenvalue weighted by atomic mass is 16.1. The Morgan fingerprint density at radius 2 is 2.10 bits per heavy atom. The van der Waals surface area contributed by atoms with Crippen molar-refractivity contribution in [3.8, 4) is 0 Å². The number of aryl methyl sites for hydroxylation is 1. The minimum atomic E-state index is 0.143. The normalized spacial score (nSPS) is 15.3. The van der Waals surface area contributed by atoms with Crippen molar-refractivity contribution in [1.82, 2.24) is 0 Å². The van der Waals surface area contributed by atoms with Crippen LogP contribution in [0.5, 0.6) is 0 Å². The van der Waals surface area contributed by atoms with Crippen molar-refractivity contribution in [3.05, 3.63) is 29.3 Å². The van der Waals surface area contributed by atoms with E-state index in [0.29, 0.717) is 18.9 Å². The summed E-state index contributed by atoms with van der Waals surface area (Å²) in [5.74, 6) is 0.717. The summed E-state index contributed by atoms with van der Waals surface area (Å²) in [5.41, 5.74) is 9.41. The molecule has 0 saturated heterocycles. The number of nitrogens with two attached hydrogens (primary N) is 1. The van der Waals surface area contributed by atoms with Crippen LogP contribution in [0.25, 0.3) is 0 Å². The lowest BCUT2D eigenvalue weighted by Crippen LogP contribution is -2.17. The van der Waals surface area contributed by atoms with Crippen molar-refractivity contribution in [2.75, 3.05) is 11.9 Å². The van der Waals surface area contributed by atoms with Crippen molar-refractivity contribution in [3.63, 3.8) is 0 Å². The predicted octanol–water partition coefficient (Wildman–Crippen LogP) is 3.66. The molecule has 1 aliphatic rings. The number of carbonyl (C=O) groups excluding carboxylic acids is 1. The molecule has 1 aromatic carbocycles. The zero-order valence-corrected chi connectivity index (χ0v) is 13.2. The minimum Gasteiger partial charge on any atom is -0.330 e. The average Bonchev–Trinajstić information content (AvgIpc) is 2.52. The van der Waals surface area contributed by atoms with Crippen LogP contribution in [0.2, 0.25) is 0 Å². The summed E-state index contributed by atoms with van der Waals surface area (Å²) in [6.45, 7) is 2.89. The van der Waals surface area contributed by atoms with E-state index in [0.717, 1.165) is 37.8 Å². The van der Waals surface area contributed by atoms with Gasteiger partial charge >= 0.3 is 0 Å². The summed E-state index contributed by atoms with van der Waals surface area (Å²) in [5, 5.41) is 3.12. The predicted molar refractivity (Wildman–Crippen MR) is 88.4 cm³/mol. The van der Waals surface area contributed by atoms with E-state index in [1.807, 2.05) is 6.07 Å². The number of rotatable bonds is 7. The number of hydrogen-bond donors (Lipinski definition) is 2. The van der Waals surface area contributed by atoms with Gasteiger partial charge in [-0.05, 0) is 68.2 Å². The molecule has 1 aliphatic carbocycles. The summed E-state index contributed by atoms with van der Waals surface area (Å²) in [7, 11) is 0. The fourth-order valence-corrected chi connectivity index (χ4v) is 3.23. The van der Waals surface area contributed by atoms with Crippen molar-refractivity contribution in [2.45, 2.75) is 58.3 Å². The van der Waals surface area contributed by atoms with Gasteiger partial charge in [0, 0.05) is 12.1 Å². The molecule has 0 spiro atoms. The molecule has 0 aliphatic heterocycles. The van der Waals surface area contributed by atoms with E-state index in [1.165, 1.54) is 24.0 Å². The molecule has 0 saturated carbocycles. The van der Waals surface area contributed by atoms with Crippen LogP contribution in [0.15, 0.2) is 18.2 Å². The molecule has 0 fully saturated rings. The van der Waals surface area contributed by atoms with Gasteiger partial charge < -0.3 is 11.1 Å². The third-order valence-corrected chi connectivity index (χ3v) is 4.60. The van der Waals surface area contributed by atoms with E-state index in [4.69, 9.17) is 5.73 Å². The second-order valence-corrected chi connectivity index (χ2v) is 6.09. The standard InChI is InChI=1S/C18H28N2O/c1-2-14(12-13-19)10-11-18(21)20-17-9-5-7-15-6-3-4-8-16(15)17/h5,7,9,14H,2-4,6,8,10-13,19H2,1H3,(H,20,21). The molecule has 1 unspecified atom stereocenters. The van der Waals surface area contributed by atoms with Gasteiger partial charge in [-0.1, -0.05) is 25.5 Å². The van der Waals surface area contributed by atoms with Crippen LogP contribution in [0.3, 0.4) is 0 Å². The Morgan fingerprint density at radius 3 is 2.86 bits per heavy atom. The van der Waals surface area contributed by atoms with Crippen LogP contribution >= 0.6 is 0 Å². The molecule has 0 aromatic heterocycles. The highest BCUT2D eigenvalue weighted by molar-refractivity contribution is 5.91. The van der Waals surface area contributed by atoms with Gasteiger partial charge in [-0.25, -0.2) is 0 Å². The van der Waals surface area contributed by atoms with Gasteiger partial charge in [-0.2, -0.15) is 0 Å². The summed E-state index contributed by atoms with van der Waals surface area (Å²) < 4.78 is 0. The zero-order chi connectivity index (χ0) is 15.1. The number of hydrogen-bond acceptors (Lipinski definition) is 2. The van der Waals surface area contributed by atoms with Crippen molar-refractivity contribution in [1.29, 1.82) is 0 Å². The lowest BCUT2D eigenvalue weighted by Gasteiger charge is -2.20. The Labute approximate surface area is 128 Å². The van der Waals surface area contributed by atoms with Gasteiger partial charge in [0.1, 0.15) is 0 Å². The first-order chi connectivity index (χ1) is 10.2. The van der Waals surface area contributed by atoms with Crippen LogP contribution in [0.4, 0.5) is 5.69 Å². The maximum atomic E-state index is 12.2. The summed E-state index contributed by atoms with van der Waals surface area (Å²) >= 11 is 0. The minimum absolute atomic E-state index is 0.143. The maximum Gasteiger partial charge on any atom is 0.224 e. The molecular formula is C18H28N2O. The molecule has 21 heavy (non-hydrogen) atoms. The first-order valence-corrected chi connectivity index (χ1v) is 8.35. The van der Waals surface area contributed by atoms with Crippen LogP contribution in [0, 0.1) is 5.92 Å². The second kappa shape index (κ2) is 8.18. The molecule has 0 bridgehead atoms. The fraction of sp³-hybridized carbons (Fsp3) is 0.611. The van der Waals surface area contributed by atoms with E-state index in [9.17, 15) is 4.79 Å². The molecule has 0 radical (unpaired) electrons. The number of anilines is 1. The largest absolute Gasteiger partial charge is 0.330 e. The summed E-state index contributed by atoms with van der Waals surface area (Å²) in [6, 6.07) is 6.29. The highest BCUT2D eigenvalue weighted by Crippen LogP contribution is 2.28. The molecule has 1 atom stereocenters. The lowest BCUT2D eigenvalue weighted by atomic mass is 9.90. The molecule has 2 rings (SSSR count). The molecule has 1 aromatic rings. The van der Waals surface area contributed by atoms with Crippen LogP contribution in [0.1, 0.15) is 56.6 Å². The number of fused-ring (bicyclic) bond motifs is 1. The van der Waals surface area contributed by atoms with Gasteiger partial charge in [-0.15, -0.1) is 0 Å². The smallest absolute Gasteiger partial charge is 0.224 e. The van der Waals surface area contributed by atoms with Crippen molar-refractivity contribution < 1.29 is 4.79 Å². The topological polar surface area (TPSA) is 55.1 Å². The number of amides is 1. The zero-order valence-electron chi connectivity index (χ0n) is 13.2. The summed E-state index contributed by atoms with van der Waals surface area (Å²) in [4.78, 5) is 12.2. The van der Waals surface area contributed by atoms with Crippen molar-refractivity contribution in [2.24, 2.45) is 11.7 Å². The van der Waals surface area contributed by atoms with Gasteiger partial charge in [0.25, 0.3) is 0 Å². The SMILES string of the molecule is CCC(CCN)CCC(=O)Nc1cccc2c1CCCC2. The lowest BCUT2D eigenvalue weighted by molar-refractivity contribution is -0.116. The number of benzene rings is 1. The Bertz CT molecular complexity index is 470. The maximum absolute atomic E-state index is 12.2. The molecule has 1 amide bonds. The Kier molecular flexibility index (Phi) is 6.24. The second-order valence-electron chi connectivity index (χ2n) is 6.09. The Balaban J connectivity index is 1.91. The molecule has 3 heteroatoms. The molecule has 0 heterocycles. The first kappa shape index (κ1) is 16.0. The molecular weight excluding hydrogens is 260 g/mol. The fourth-order valence-electron chi connectivity index (χ4n) is 3.23. The van der Waals surface area contributed by atoms with E-state index in [2.05, 4.69) is 24.4 Å². The molecule has 116 valence electrons. The number of carbonyl (C=O) groups is 1. The average molecular weight is 288 g/mol. The summed E-state index contributed by atoms with van der Waals surface area (Å²) in [6.07, 6.45) is 8.40. The van der Waals surface area contributed by atoms with E-state index in [1.54, 1.807) is 0 Å². The van der Waals surface area contributed by atoms with E-state index >= 15 is 0 Å². The number of nitrogens with one attached hydrogen (secondary N) is 1.